The maximum atomic E-state index is 11.6. The average molecular weight is 345 g/mol. The molecule has 0 aliphatic carbocycles. The second-order valence-electron chi connectivity index (χ2n) is 5.69. The van der Waals surface area contributed by atoms with Crippen molar-refractivity contribution in [2.75, 3.05) is 33.6 Å². The van der Waals surface area contributed by atoms with Crippen molar-refractivity contribution < 1.29 is 9.53 Å². The van der Waals surface area contributed by atoms with Crippen LogP contribution >= 0.6 is 11.3 Å². The Balaban J connectivity index is 2.57. The summed E-state index contributed by atoms with van der Waals surface area (Å²) in [7, 11) is 7.31. The van der Waals surface area contributed by atoms with Gasteiger partial charge in [0.25, 0.3) is 0 Å². The van der Waals surface area contributed by atoms with E-state index in [1.54, 1.807) is 0 Å². The van der Waals surface area contributed by atoms with Crippen LogP contribution in [0.15, 0.2) is 30.3 Å². The Morgan fingerprint density at radius 3 is 2.71 bits per heavy atom. The number of hydrogen-bond donors (Lipinski definition) is 1. The summed E-state index contributed by atoms with van der Waals surface area (Å²) >= 11 is 1.53. The highest BCUT2D eigenvalue weighted by Gasteiger charge is 2.17. The maximum Gasteiger partial charge on any atom is 0.330 e. The van der Waals surface area contributed by atoms with Crippen LogP contribution in [0, 0.1) is 0 Å². The van der Waals surface area contributed by atoms with E-state index >= 15 is 0 Å². The molecule has 128 valence electrons. The molecule has 0 aliphatic rings. The number of esters is 1. The van der Waals surface area contributed by atoms with E-state index in [9.17, 15) is 4.79 Å². The van der Waals surface area contributed by atoms with Crippen molar-refractivity contribution in [1.29, 1.82) is 0 Å². The predicted octanol–water partition coefficient (Wildman–Crippen LogP) is 3.49. The molecule has 1 heterocycles. The van der Waals surface area contributed by atoms with Crippen LogP contribution in [-0.2, 0) is 16.1 Å². The molecule has 0 saturated carbocycles. The van der Waals surface area contributed by atoms with Gasteiger partial charge in [-0.1, -0.05) is 35.6 Å². The molecule has 0 unspecified atom stereocenters. The smallest absolute Gasteiger partial charge is 0.330 e. The Labute approximate surface area is 147 Å². The molecule has 2 rings (SSSR count). The van der Waals surface area contributed by atoms with Crippen LogP contribution < -0.4 is 5.32 Å². The number of ether oxygens (including phenoxy) is 1. The average Bonchev–Trinajstić information content (AvgIpc) is 2.99. The number of carbonyl (C=O) groups excluding carboxylic acids is 1. The van der Waals surface area contributed by atoms with Gasteiger partial charge in [0, 0.05) is 25.2 Å². The monoisotopic (exact) mass is 345 g/mol. The van der Waals surface area contributed by atoms with Crippen molar-refractivity contribution in [1.82, 2.24) is 9.88 Å². The Morgan fingerprint density at radius 2 is 2.08 bits per heavy atom. The fraction of sp³-hybridized carbons (Fsp3) is 0.333. The topological polar surface area (TPSA) is 54.5 Å². The third kappa shape index (κ3) is 4.21. The molecule has 6 heteroatoms. The Kier molecular flexibility index (Phi) is 6.11. The van der Waals surface area contributed by atoms with Gasteiger partial charge in [0.1, 0.15) is 0 Å². The quantitative estimate of drug-likeness (QED) is 0.641. The van der Waals surface area contributed by atoms with Crippen LogP contribution in [0.3, 0.4) is 0 Å². The van der Waals surface area contributed by atoms with Crippen LogP contribution in [0.25, 0.3) is 16.8 Å². The summed E-state index contributed by atoms with van der Waals surface area (Å²) in [4.78, 5) is 19.4. The van der Waals surface area contributed by atoms with Crippen LogP contribution in [0.5, 0.6) is 0 Å². The molecule has 0 radical (unpaired) electrons. The minimum atomic E-state index is -0.362. The van der Waals surface area contributed by atoms with Crippen LogP contribution in [-0.4, -0.2) is 44.1 Å². The zero-order valence-electron chi connectivity index (χ0n) is 14.7. The fourth-order valence-electron chi connectivity index (χ4n) is 2.41. The number of anilines is 1. The highest BCUT2D eigenvalue weighted by atomic mass is 32.1. The van der Waals surface area contributed by atoms with Crippen molar-refractivity contribution in [3.05, 3.63) is 40.8 Å². The van der Waals surface area contributed by atoms with Gasteiger partial charge in [-0.25, -0.2) is 9.78 Å². The summed E-state index contributed by atoms with van der Waals surface area (Å²) in [5.74, 6) is -0.362. The van der Waals surface area contributed by atoms with Crippen LogP contribution in [0.4, 0.5) is 5.13 Å². The summed E-state index contributed by atoms with van der Waals surface area (Å²) in [5, 5.41) is 3.91. The van der Waals surface area contributed by atoms with E-state index < -0.39 is 0 Å². The maximum absolute atomic E-state index is 11.6. The van der Waals surface area contributed by atoms with Gasteiger partial charge in [0.05, 0.1) is 17.7 Å². The van der Waals surface area contributed by atoms with E-state index in [2.05, 4.69) is 22.3 Å². The van der Waals surface area contributed by atoms with Gasteiger partial charge in [-0.3, -0.25) is 0 Å². The van der Waals surface area contributed by atoms with Crippen molar-refractivity contribution >= 4 is 28.0 Å². The Bertz CT molecular complexity index is 750. The number of aromatic nitrogens is 1. The van der Waals surface area contributed by atoms with Crippen molar-refractivity contribution in [2.24, 2.45) is 0 Å². The Morgan fingerprint density at radius 1 is 1.38 bits per heavy atom. The van der Waals surface area contributed by atoms with Crippen LogP contribution in [0.2, 0.25) is 0 Å². The van der Waals surface area contributed by atoms with E-state index in [0.717, 1.165) is 33.4 Å². The highest BCUT2D eigenvalue weighted by molar-refractivity contribution is 7.17. The number of benzene rings is 1. The van der Waals surface area contributed by atoms with E-state index in [4.69, 9.17) is 9.72 Å². The molecule has 24 heavy (non-hydrogen) atoms. The summed E-state index contributed by atoms with van der Waals surface area (Å²) in [6.07, 6.45) is 1.50. The predicted molar refractivity (Wildman–Crippen MR) is 100 cm³/mol. The lowest BCUT2D eigenvalue weighted by molar-refractivity contribution is -0.134. The fourth-order valence-corrected chi connectivity index (χ4v) is 3.31. The van der Waals surface area contributed by atoms with Gasteiger partial charge in [-0.2, -0.15) is 0 Å². The molecule has 5 nitrogen and oxygen atoms in total. The van der Waals surface area contributed by atoms with E-state index in [1.807, 2.05) is 40.2 Å². The minimum absolute atomic E-state index is 0.362. The molecule has 2 aromatic rings. The summed E-state index contributed by atoms with van der Waals surface area (Å²) in [6.45, 7) is 2.73. The lowest BCUT2D eigenvalue weighted by atomic mass is 10.0. The Hall–Kier alpha value is -2.18. The molecular formula is C18H23N3O2S. The molecular weight excluding hydrogens is 322 g/mol. The number of hydrogen-bond acceptors (Lipinski definition) is 6. The number of nitrogens with zero attached hydrogens (tertiary/aromatic N) is 2. The molecule has 0 atom stereocenters. The summed E-state index contributed by atoms with van der Waals surface area (Å²) < 4.78 is 4.74. The first-order valence-corrected chi connectivity index (χ1v) is 8.46. The largest absolute Gasteiger partial charge is 0.466 e. The third-order valence-electron chi connectivity index (χ3n) is 3.49. The summed E-state index contributed by atoms with van der Waals surface area (Å²) in [6, 6.07) is 8.22. The molecule has 1 aromatic carbocycles. The minimum Gasteiger partial charge on any atom is -0.466 e. The van der Waals surface area contributed by atoms with Gasteiger partial charge in [0.2, 0.25) is 0 Å². The molecule has 0 fully saturated rings. The van der Waals surface area contributed by atoms with Gasteiger partial charge < -0.3 is 15.0 Å². The van der Waals surface area contributed by atoms with Crippen molar-refractivity contribution in [2.45, 2.75) is 13.5 Å². The molecule has 0 amide bonds. The number of thiazole rings is 1. The molecule has 0 spiro atoms. The molecule has 1 aromatic heterocycles. The van der Waals surface area contributed by atoms with E-state index in [-0.39, 0.29) is 5.97 Å². The zero-order valence-corrected chi connectivity index (χ0v) is 15.5. The number of carbonyl (C=O) groups is 1. The van der Waals surface area contributed by atoms with E-state index in [1.165, 1.54) is 30.1 Å². The summed E-state index contributed by atoms with van der Waals surface area (Å²) in [5.41, 5.74) is 4.01. The second-order valence-corrected chi connectivity index (χ2v) is 6.69. The lowest BCUT2D eigenvalue weighted by Gasteiger charge is -2.14. The first-order chi connectivity index (χ1) is 11.5. The lowest BCUT2D eigenvalue weighted by Crippen LogP contribution is -2.11. The second kappa shape index (κ2) is 8.08. The third-order valence-corrected chi connectivity index (χ3v) is 4.70. The first-order valence-electron chi connectivity index (χ1n) is 7.64. The standard InChI is InChI=1S/C18H23N3O2S/c1-12(10-15(22)23-5)17-16(20-18(19-2)24-17)14-9-7-6-8-13(14)11-21(3)4/h6-10H,11H2,1-5H3,(H,19,20)/b12-10+. The van der Waals surface area contributed by atoms with Gasteiger partial charge in [0.15, 0.2) is 5.13 Å². The van der Waals surface area contributed by atoms with Gasteiger partial charge in [-0.15, -0.1) is 0 Å². The number of allylic oxidation sites excluding steroid dienone is 1. The zero-order chi connectivity index (χ0) is 17.7. The SMILES string of the molecule is CNc1nc(-c2ccccc2CN(C)C)c(/C(C)=C/C(=O)OC)s1. The van der Waals surface area contributed by atoms with Crippen LogP contribution in [0.1, 0.15) is 17.4 Å². The number of rotatable bonds is 6. The molecule has 0 saturated heterocycles. The van der Waals surface area contributed by atoms with Crippen molar-refractivity contribution in [3.8, 4) is 11.3 Å². The first kappa shape index (κ1) is 18.2. The number of methoxy groups -OCH3 is 1. The van der Waals surface area contributed by atoms with Gasteiger partial charge in [-0.05, 0) is 32.2 Å². The number of nitrogens with one attached hydrogen (secondary N) is 1. The van der Waals surface area contributed by atoms with Gasteiger partial charge >= 0.3 is 5.97 Å². The normalized spacial score (nSPS) is 11.7. The van der Waals surface area contributed by atoms with E-state index in [0.29, 0.717) is 0 Å². The highest BCUT2D eigenvalue weighted by Crippen LogP contribution is 2.37. The molecule has 0 aliphatic heterocycles. The molecule has 0 bridgehead atoms. The molecule has 1 N–H and O–H groups in total. The van der Waals surface area contributed by atoms with Crippen molar-refractivity contribution in [3.63, 3.8) is 0 Å².